The first-order valence-corrected chi connectivity index (χ1v) is 7.57. The van der Waals surface area contributed by atoms with Gasteiger partial charge in [-0.15, -0.1) is 11.8 Å². The fraction of sp³-hybridized carbons (Fsp3) is 0.188. The van der Waals surface area contributed by atoms with Gasteiger partial charge in [-0.3, -0.25) is 0 Å². The van der Waals surface area contributed by atoms with E-state index >= 15 is 0 Å². The fourth-order valence-electron chi connectivity index (χ4n) is 2.01. The molecule has 0 fully saturated rings. The Morgan fingerprint density at radius 2 is 1.91 bits per heavy atom. The molecule has 0 aliphatic heterocycles. The molecule has 2 aromatic carbocycles. The molecule has 122 valence electrons. The molecule has 2 unspecified atom stereocenters. The number of aliphatic carboxylic acids is 1. The van der Waals surface area contributed by atoms with Crippen molar-refractivity contribution >= 4 is 23.4 Å². The van der Waals surface area contributed by atoms with Gasteiger partial charge in [0, 0.05) is 5.69 Å². The molecule has 0 amide bonds. The first-order chi connectivity index (χ1) is 10.9. The zero-order valence-corrected chi connectivity index (χ0v) is 13.1. The van der Waals surface area contributed by atoms with Gasteiger partial charge >= 0.3 is 5.97 Å². The minimum Gasteiger partial charge on any atom is -0.497 e. The largest absolute Gasteiger partial charge is 0.497 e. The van der Waals surface area contributed by atoms with Gasteiger partial charge < -0.3 is 20.7 Å². The Bertz CT molecular complexity index is 673. The molecule has 0 saturated heterocycles. The van der Waals surface area contributed by atoms with Crippen molar-refractivity contribution in [2.75, 3.05) is 12.8 Å². The summed E-state index contributed by atoms with van der Waals surface area (Å²) >= 11 is 0.873. The Kier molecular flexibility index (Phi) is 5.46. The predicted molar refractivity (Wildman–Crippen MR) is 86.0 cm³/mol. The van der Waals surface area contributed by atoms with E-state index in [4.69, 9.17) is 15.6 Å². The van der Waals surface area contributed by atoms with E-state index in [1.54, 1.807) is 24.3 Å². The first-order valence-electron chi connectivity index (χ1n) is 6.69. The molecular weight excluding hydrogens is 321 g/mol. The lowest BCUT2D eigenvalue weighted by molar-refractivity contribution is -0.146. The number of aliphatic hydroxyl groups excluding tert-OH is 1. The van der Waals surface area contributed by atoms with Crippen molar-refractivity contribution in [3.63, 3.8) is 0 Å². The number of nitrogens with two attached hydrogens (primary N) is 1. The first kappa shape index (κ1) is 17.1. The average Bonchev–Trinajstić information content (AvgIpc) is 2.54. The molecule has 23 heavy (non-hydrogen) atoms. The highest BCUT2D eigenvalue weighted by atomic mass is 32.2. The second kappa shape index (κ2) is 7.34. The van der Waals surface area contributed by atoms with E-state index in [1.165, 1.54) is 25.3 Å². The summed E-state index contributed by atoms with van der Waals surface area (Å²) in [7, 11) is 1.51. The fourth-order valence-corrected chi connectivity index (χ4v) is 3.19. The van der Waals surface area contributed by atoms with E-state index in [0.29, 0.717) is 11.3 Å². The summed E-state index contributed by atoms with van der Waals surface area (Å²) in [5.41, 5.74) is 6.47. The maximum Gasteiger partial charge on any atom is 0.334 e. The maximum absolute atomic E-state index is 14.0. The third-order valence-corrected chi connectivity index (χ3v) is 4.68. The van der Waals surface area contributed by atoms with Gasteiger partial charge in [-0.2, -0.15) is 0 Å². The summed E-state index contributed by atoms with van der Waals surface area (Å²) in [6.45, 7) is 0. The summed E-state index contributed by atoms with van der Waals surface area (Å²) in [5, 5.41) is 18.2. The van der Waals surface area contributed by atoms with Crippen LogP contribution in [0.3, 0.4) is 0 Å². The minimum atomic E-state index is -1.72. The molecule has 2 atom stereocenters. The number of hydrogen-bond donors (Lipinski definition) is 3. The molecule has 5 nitrogen and oxygen atoms in total. The molecule has 2 rings (SSSR count). The van der Waals surface area contributed by atoms with Crippen LogP contribution < -0.4 is 10.5 Å². The summed E-state index contributed by atoms with van der Waals surface area (Å²) in [5.74, 6) is -1.37. The number of carboxylic acids is 1. The molecule has 0 radical (unpaired) electrons. The zero-order valence-electron chi connectivity index (χ0n) is 12.3. The molecule has 0 bridgehead atoms. The van der Waals surface area contributed by atoms with Gasteiger partial charge in [0.05, 0.1) is 17.3 Å². The second-order valence-electron chi connectivity index (χ2n) is 4.75. The number of aliphatic hydroxyl groups is 1. The lowest BCUT2D eigenvalue weighted by Crippen LogP contribution is -2.26. The maximum atomic E-state index is 14.0. The van der Waals surface area contributed by atoms with Crippen LogP contribution in [0.2, 0.25) is 0 Å². The van der Waals surface area contributed by atoms with Crippen LogP contribution in [0.1, 0.15) is 10.8 Å². The number of rotatable bonds is 6. The SMILES string of the molecule is COc1ccc(C(Sc2c(N)cccc2F)C(O)C(=O)O)cc1. The molecular formula is C16H16FNO4S. The Labute approximate surface area is 136 Å². The van der Waals surface area contributed by atoms with Crippen LogP contribution in [-0.4, -0.2) is 29.4 Å². The average molecular weight is 337 g/mol. The summed E-state index contributed by atoms with van der Waals surface area (Å²) in [6.07, 6.45) is -1.72. The van der Waals surface area contributed by atoms with Crippen molar-refractivity contribution in [1.82, 2.24) is 0 Å². The number of thioether (sulfide) groups is 1. The Balaban J connectivity index is 2.39. The zero-order chi connectivity index (χ0) is 17.0. The van der Waals surface area contributed by atoms with Crippen molar-refractivity contribution in [3.8, 4) is 5.75 Å². The van der Waals surface area contributed by atoms with Gasteiger partial charge in [-0.1, -0.05) is 18.2 Å². The summed E-state index contributed by atoms with van der Waals surface area (Å²) in [4.78, 5) is 11.3. The van der Waals surface area contributed by atoms with Crippen LogP contribution in [0.4, 0.5) is 10.1 Å². The highest BCUT2D eigenvalue weighted by Gasteiger charge is 2.30. The van der Waals surface area contributed by atoms with Crippen molar-refractivity contribution in [1.29, 1.82) is 0 Å². The quantitative estimate of drug-likeness (QED) is 0.554. The van der Waals surface area contributed by atoms with Crippen LogP contribution in [-0.2, 0) is 4.79 Å². The van der Waals surface area contributed by atoms with Crippen molar-refractivity contribution in [2.45, 2.75) is 16.2 Å². The number of carbonyl (C=O) groups is 1. The van der Waals surface area contributed by atoms with Gasteiger partial charge in [0.2, 0.25) is 0 Å². The number of ether oxygens (including phenoxy) is 1. The van der Waals surface area contributed by atoms with Gasteiger partial charge in [-0.05, 0) is 29.8 Å². The number of methoxy groups -OCH3 is 1. The molecule has 0 heterocycles. The van der Waals surface area contributed by atoms with Gasteiger partial charge in [0.15, 0.2) is 6.10 Å². The topological polar surface area (TPSA) is 92.8 Å². The van der Waals surface area contributed by atoms with Crippen LogP contribution in [0.15, 0.2) is 47.4 Å². The van der Waals surface area contributed by atoms with Crippen LogP contribution in [0, 0.1) is 5.82 Å². The van der Waals surface area contributed by atoms with E-state index in [2.05, 4.69) is 0 Å². The van der Waals surface area contributed by atoms with Crippen molar-refractivity contribution in [2.24, 2.45) is 0 Å². The number of hydrogen-bond acceptors (Lipinski definition) is 5. The van der Waals surface area contributed by atoms with Crippen molar-refractivity contribution in [3.05, 3.63) is 53.8 Å². The molecule has 7 heteroatoms. The third kappa shape index (κ3) is 3.94. The Morgan fingerprint density at radius 1 is 1.26 bits per heavy atom. The molecule has 0 spiro atoms. The van der Waals surface area contributed by atoms with Crippen LogP contribution in [0.5, 0.6) is 5.75 Å². The minimum absolute atomic E-state index is 0.105. The monoisotopic (exact) mass is 337 g/mol. The van der Waals surface area contributed by atoms with E-state index in [1.807, 2.05) is 0 Å². The second-order valence-corrected chi connectivity index (χ2v) is 5.90. The van der Waals surface area contributed by atoms with Crippen LogP contribution >= 0.6 is 11.8 Å². The lowest BCUT2D eigenvalue weighted by atomic mass is 10.1. The van der Waals surface area contributed by atoms with Gasteiger partial charge in [-0.25, -0.2) is 9.18 Å². The highest BCUT2D eigenvalue weighted by Crippen LogP contribution is 2.42. The molecule has 0 aromatic heterocycles. The molecule has 0 saturated carbocycles. The highest BCUT2D eigenvalue weighted by molar-refractivity contribution is 7.99. The number of halogens is 1. The van der Waals surface area contributed by atoms with E-state index < -0.39 is 23.1 Å². The van der Waals surface area contributed by atoms with E-state index in [0.717, 1.165) is 11.8 Å². The predicted octanol–water partition coefficient (Wildman–Crippen LogP) is 2.70. The number of benzene rings is 2. The number of nitrogen functional groups attached to an aromatic ring is 1. The Morgan fingerprint density at radius 3 is 2.43 bits per heavy atom. The Hall–Kier alpha value is -2.25. The molecule has 4 N–H and O–H groups in total. The van der Waals surface area contributed by atoms with E-state index in [9.17, 15) is 14.3 Å². The number of anilines is 1. The summed E-state index contributed by atoms with van der Waals surface area (Å²) in [6, 6.07) is 10.7. The number of carboxylic acid groups (broad SMARTS) is 1. The lowest BCUT2D eigenvalue weighted by Gasteiger charge is -2.21. The third-order valence-electron chi connectivity index (χ3n) is 3.23. The normalized spacial score (nSPS) is 13.3. The van der Waals surface area contributed by atoms with Crippen LogP contribution in [0.25, 0.3) is 0 Å². The van der Waals surface area contributed by atoms with Crippen molar-refractivity contribution < 1.29 is 24.1 Å². The molecule has 0 aliphatic carbocycles. The smallest absolute Gasteiger partial charge is 0.334 e. The molecule has 2 aromatic rings. The van der Waals surface area contributed by atoms with E-state index in [-0.39, 0.29) is 10.6 Å². The standard InChI is InChI=1S/C16H16FNO4S/c1-22-10-7-5-9(6-8-10)14(13(19)16(20)21)23-15-11(17)3-2-4-12(15)18/h2-8,13-14,19H,18H2,1H3,(H,20,21). The molecule has 0 aliphatic rings. The van der Waals surface area contributed by atoms with Gasteiger partial charge in [0.25, 0.3) is 0 Å². The summed E-state index contributed by atoms with van der Waals surface area (Å²) < 4.78 is 19.0. The van der Waals surface area contributed by atoms with Gasteiger partial charge in [0.1, 0.15) is 11.6 Å².